The Balaban J connectivity index is 1.57. The van der Waals surface area contributed by atoms with Crippen LogP contribution in [0.4, 0.5) is 4.39 Å². The lowest BCUT2D eigenvalue weighted by Crippen LogP contribution is -2.30. The zero-order chi connectivity index (χ0) is 15.4. The summed E-state index contributed by atoms with van der Waals surface area (Å²) in [5.41, 5.74) is 1.02. The summed E-state index contributed by atoms with van der Waals surface area (Å²) in [7, 11) is 0. The molecule has 1 fully saturated rings. The van der Waals surface area contributed by atoms with E-state index in [-0.39, 0.29) is 17.8 Å². The number of halogens is 1. The second kappa shape index (κ2) is 6.68. The van der Waals surface area contributed by atoms with Crippen molar-refractivity contribution in [2.75, 3.05) is 6.54 Å². The molecule has 0 radical (unpaired) electrons. The summed E-state index contributed by atoms with van der Waals surface area (Å²) in [6.07, 6.45) is 6.33. The van der Waals surface area contributed by atoms with E-state index in [1.54, 1.807) is 23.1 Å². The number of benzene rings is 1. The Morgan fingerprint density at radius 3 is 2.86 bits per heavy atom. The fourth-order valence-corrected chi connectivity index (χ4v) is 2.98. The number of carbonyl (C=O) groups excluding carboxylic acids is 1. The summed E-state index contributed by atoms with van der Waals surface area (Å²) >= 11 is 0. The van der Waals surface area contributed by atoms with Crippen molar-refractivity contribution in [3.05, 3.63) is 48.3 Å². The quantitative estimate of drug-likeness (QED) is 0.853. The monoisotopic (exact) mass is 302 g/mol. The number of rotatable bonds is 5. The third kappa shape index (κ3) is 3.32. The largest absolute Gasteiger partial charge is 0.336 e. The molecule has 1 aromatic heterocycles. The van der Waals surface area contributed by atoms with Gasteiger partial charge in [0.1, 0.15) is 18.5 Å². The SMILES string of the molecule is O=C(CCCn1cncn1)N1CCC[C@@H]1c1ccc(F)cc1. The minimum Gasteiger partial charge on any atom is -0.336 e. The Kier molecular flexibility index (Phi) is 4.46. The predicted molar refractivity (Wildman–Crippen MR) is 79.3 cm³/mol. The molecule has 1 amide bonds. The summed E-state index contributed by atoms with van der Waals surface area (Å²) in [4.78, 5) is 18.2. The lowest BCUT2D eigenvalue weighted by molar-refractivity contribution is -0.132. The Morgan fingerprint density at radius 1 is 1.32 bits per heavy atom. The highest BCUT2D eigenvalue weighted by atomic mass is 19.1. The van der Waals surface area contributed by atoms with Crippen LogP contribution in [0.1, 0.15) is 37.3 Å². The minimum atomic E-state index is -0.243. The van der Waals surface area contributed by atoms with Crippen LogP contribution in [0.25, 0.3) is 0 Å². The molecule has 116 valence electrons. The van der Waals surface area contributed by atoms with E-state index in [1.807, 2.05) is 4.90 Å². The Hall–Kier alpha value is -2.24. The number of hydrogen-bond acceptors (Lipinski definition) is 3. The number of aromatic nitrogens is 3. The average molecular weight is 302 g/mol. The molecule has 22 heavy (non-hydrogen) atoms. The maximum Gasteiger partial charge on any atom is 0.223 e. The molecule has 1 aliphatic heterocycles. The van der Waals surface area contributed by atoms with Crippen LogP contribution in [0.3, 0.4) is 0 Å². The molecular weight excluding hydrogens is 283 g/mol. The molecule has 0 N–H and O–H groups in total. The van der Waals surface area contributed by atoms with Gasteiger partial charge in [0.25, 0.3) is 0 Å². The Morgan fingerprint density at radius 2 is 2.14 bits per heavy atom. The topological polar surface area (TPSA) is 51.0 Å². The summed E-state index contributed by atoms with van der Waals surface area (Å²) < 4.78 is 14.8. The van der Waals surface area contributed by atoms with Gasteiger partial charge in [0, 0.05) is 19.5 Å². The first-order chi connectivity index (χ1) is 10.7. The first-order valence-electron chi connectivity index (χ1n) is 7.61. The van der Waals surface area contributed by atoms with Crippen LogP contribution >= 0.6 is 0 Å². The zero-order valence-corrected chi connectivity index (χ0v) is 12.4. The predicted octanol–water partition coefficient (Wildman–Crippen LogP) is 2.56. The highest BCUT2D eigenvalue weighted by Crippen LogP contribution is 2.32. The van der Waals surface area contributed by atoms with Crippen LogP contribution in [0, 0.1) is 5.82 Å². The molecule has 0 spiro atoms. The maximum atomic E-state index is 13.0. The summed E-state index contributed by atoms with van der Waals surface area (Å²) in [5, 5.41) is 4.03. The molecule has 3 rings (SSSR count). The number of carbonyl (C=O) groups is 1. The van der Waals surface area contributed by atoms with E-state index in [9.17, 15) is 9.18 Å². The van der Waals surface area contributed by atoms with Crippen molar-refractivity contribution in [3.8, 4) is 0 Å². The molecule has 6 heteroatoms. The van der Waals surface area contributed by atoms with Gasteiger partial charge in [0.2, 0.25) is 5.91 Å². The molecule has 5 nitrogen and oxygen atoms in total. The number of nitrogens with zero attached hydrogens (tertiary/aromatic N) is 4. The van der Waals surface area contributed by atoms with E-state index in [2.05, 4.69) is 10.1 Å². The van der Waals surface area contributed by atoms with Crippen molar-refractivity contribution in [2.45, 2.75) is 38.3 Å². The highest BCUT2D eigenvalue weighted by Gasteiger charge is 2.29. The van der Waals surface area contributed by atoms with Gasteiger partial charge in [0.15, 0.2) is 0 Å². The van der Waals surface area contributed by atoms with Gasteiger partial charge >= 0.3 is 0 Å². The van der Waals surface area contributed by atoms with Crippen LogP contribution in [-0.2, 0) is 11.3 Å². The van der Waals surface area contributed by atoms with E-state index in [0.717, 1.165) is 31.4 Å². The second-order valence-corrected chi connectivity index (χ2v) is 5.56. The standard InChI is InChI=1S/C16H19FN4O/c17-14-7-5-13(6-8-14)15-3-1-10-21(15)16(22)4-2-9-20-12-18-11-19-20/h5-8,11-12,15H,1-4,9-10H2/t15-/m1/s1. The Labute approximate surface area is 128 Å². The molecule has 1 aromatic carbocycles. The normalized spacial score (nSPS) is 17.9. The number of aryl methyl sites for hydroxylation is 1. The zero-order valence-electron chi connectivity index (χ0n) is 12.4. The smallest absolute Gasteiger partial charge is 0.223 e. The van der Waals surface area contributed by atoms with Gasteiger partial charge in [-0.15, -0.1) is 0 Å². The van der Waals surface area contributed by atoms with Crippen LogP contribution in [-0.4, -0.2) is 32.1 Å². The Bertz CT molecular complexity index is 612. The molecule has 0 bridgehead atoms. The van der Waals surface area contributed by atoms with E-state index in [0.29, 0.717) is 13.0 Å². The molecule has 1 aliphatic rings. The van der Waals surface area contributed by atoms with Crippen molar-refractivity contribution in [1.82, 2.24) is 19.7 Å². The number of likely N-dealkylation sites (tertiary alicyclic amines) is 1. The van der Waals surface area contributed by atoms with Crippen molar-refractivity contribution >= 4 is 5.91 Å². The van der Waals surface area contributed by atoms with E-state index in [4.69, 9.17) is 0 Å². The van der Waals surface area contributed by atoms with Gasteiger partial charge in [-0.1, -0.05) is 12.1 Å². The molecular formula is C16H19FN4O. The van der Waals surface area contributed by atoms with Crippen LogP contribution in [0.5, 0.6) is 0 Å². The minimum absolute atomic E-state index is 0.0828. The summed E-state index contributed by atoms with van der Waals surface area (Å²) in [6, 6.07) is 6.56. The molecule has 0 unspecified atom stereocenters. The van der Waals surface area contributed by atoms with Gasteiger partial charge in [-0.2, -0.15) is 5.10 Å². The van der Waals surface area contributed by atoms with Crippen molar-refractivity contribution < 1.29 is 9.18 Å². The number of amides is 1. The second-order valence-electron chi connectivity index (χ2n) is 5.56. The third-order valence-electron chi connectivity index (χ3n) is 4.07. The van der Waals surface area contributed by atoms with Crippen LogP contribution < -0.4 is 0 Å². The molecule has 2 heterocycles. The molecule has 0 saturated carbocycles. The van der Waals surface area contributed by atoms with Gasteiger partial charge in [-0.3, -0.25) is 9.48 Å². The molecule has 1 atom stereocenters. The number of hydrogen-bond donors (Lipinski definition) is 0. The van der Waals surface area contributed by atoms with Crippen molar-refractivity contribution in [3.63, 3.8) is 0 Å². The van der Waals surface area contributed by atoms with E-state index < -0.39 is 0 Å². The van der Waals surface area contributed by atoms with E-state index in [1.165, 1.54) is 18.5 Å². The lowest BCUT2D eigenvalue weighted by Gasteiger charge is -2.25. The van der Waals surface area contributed by atoms with Gasteiger partial charge in [-0.05, 0) is 37.0 Å². The maximum absolute atomic E-state index is 13.0. The molecule has 0 aliphatic carbocycles. The molecule has 1 saturated heterocycles. The van der Waals surface area contributed by atoms with Crippen LogP contribution in [0.2, 0.25) is 0 Å². The van der Waals surface area contributed by atoms with Crippen molar-refractivity contribution in [2.24, 2.45) is 0 Å². The fourth-order valence-electron chi connectivity index (χ4n) is 2.98. The fraction of sp³-hybridized carbons (Fsp3) is 0.438. The van der Waals surface area contributed by atoms with Crippen LogP contribution in [0.15, 0.2) is 36.9 Å². The van der Waals surface area contributed by atoms with Gasteiger partial charge in [-0.25, -0.2) is 9.37 Å². The highest BCUT2D eigenvalue weighted by molar-refractivity contribution is 5.77. The first kappa shape index (κ1) is 14.7. The van der Waals surface area contributed by atoms with Gasteiger partial charge < -0.3 is 4.90 Å². The van der Waals surface area contributed by atoms with E-state index >= 15 is 0 Å². The van der Waals surface area contributed by atoms with Crippen molar-refractivity contribution in [1.29, 1.82) is 0 Å². The molecule has 2 aromatic rings. The lowest BCUT2D eigenvalue weighted by atomic mass is 10.0. The average Bonchev–Trinajstić information content (AvgIpc) is 3.19. The summed E-state index contributed by atoms with van der Waals surface area (Å²) in [6.45, 7) is 1.48. The summed E-state index contributed by atoms with van der Waals surface area (Å²) in [5.74, 6) is -0.0839. The third-order valence-corrected chi connectivity index (χ3v) is 4.07. The van der Waals surface area contributed by atoms with Gasteiger partial charge in [0.05, 0.1) is 6.04 Å². The first-order valence-corrected chi connectivity index (χ1v) is 7.61.